The molecule has 0 fully saturated rings. The Bertz CT molecular complexity index is 856. The number of hydrogen-bond acceptors (Lipinski definition) is 4. The number of nitrogens with zero attached hydrogens (tertiary/aromatic N) is 1. The van der Waals surface area contributed by atoms with Crippen LogP contribution in [0.4, 0.5) is 0 Å². The van der Waals surface area contributed by atoms with Crippen molar-refractivity contribution in [3.63, 3.8) is 0 Å². The highest BCUT2D eigenvalue weighted by Crippen LogP contribution is 2.32. The van der Waals surface area contributed by atoms with Crippen LogP contribution in [0.15, 0.2) is 41.8 Å². The summed E-state index contributed by atoms with van der Waals surface area (Å²) in [5.74, 6) is 0.894. The summed E-state index contributed by atoms with van der Waals surface area (Å²) in [6.07, 6.45) is 0.829. The van der Waals surface area contributed by atoms with Crippen molar-refractivity contribution in [2.75, 3.05) is 6.61 Å². The average molecular weight is 375 g/mol. The van der Waals surface area contributed by atoms with Crippen LogP contribution in [0.1, 0.15) is 16.1 Å². The smallest absolute Gasteiger partial charge is 0.137 e. The van der Waals surface area contributed by atoms with Gasteiger partial charge in [-0.2, -0.15) is 0 Å². The SMILES string of the molecule is OC[C@H]1Cc2c([nH]c3ccccc23)CN1C(=S)SCc1cccs1. The fraction of sp³-hybridized carbons (Fsp3) is 0.278. The molecule has 0 saturated carbocycles. The standard InChI is InChI=1S/C18H18N2OS3/c21-10-12-8-15-14-5-1-2-6-16(14)19-17(15)9-20(12)18(22)24-11-13-4-3-7-23-13/h1-7,12,19,21H,8-11H2/t12-/m1/s1. The zero-order chi connectivity index (χ0) is 16.5. The van der Waals surface area contributed by atoms with Crippen molar-refractivity contribution in [2.24, 2.45) is 0 Å². The van der Waals surface area contributed by atoms with Crippen molar-refractivity contribution in [1.29, 1.82) is 0 Å². The Morgan fingerprint density at radius 2 is 2.21 bits per heavy atom. The van der Waals surface area contributed by atoms with E-state index < -0.39 is 0 Å². The van der Waals surface area contributed by atoms with Gasteiger partial charge in [0.15, 0.2) is 0 Å². The second-order valence-corrected chi connectivity index (χ2v) is 8.57. The van der Waals surface area contributed by atoms with Crippen LogP contribution in [-0.4, -0.2) is 32.0 Å². The van der Waals surface area contributed by atoms with Gasteiger partial charge in [-0.05, 0) is 29.5 Å². The maximum atomic E-state index is 9.88. The van der Waals surface area contributed by atoms with Crippen molar-refractivity contribution in [3.8, 4) is 0 Å². The van der Waals surface area contributed by atoms with Crippen LogP contribution in [0.25, 0.3) is 10.9 Å². The van der Waals surface area contributed by atoms with Crippen LogP contribution in [0.3, 0.4) is 0 Å². The predicted molar refractivity (Wildman–Crippen MR) is 107 cm³/mol. The Balaban J connectivity index is 1.56. The fourth-order valence-electron chi connectivity index (χ4n) is 3.26. The number of benzene rings is 1. The Labute approximate surface area is 154 Å². The van der Waals surface area contributed by atoms with Gasteiger partial charge in [0.25, 0.3) is 0 Å². The van der Waals surface area contributed by atoms with E-state index in [2.05, 4.69) is 45.6 Å². The first kappa shape index (κ1) is 16.1. The molecule has 2 N–H and O–H groups in total. The zero-order valence-corrected chi connectivity index (χ0v) is 15.5. The number of rotatable bonds is 3. The topological polar surface area (TPSA) is 39.3 Å². The van der Waals surface area contributed by atoms with Crippen LogP contribution in [0.5, 0.6) is 0 Å². The Hall–Kier alpha value is -1.34. The normalized spacial score (nSPS) is 17.2. The summed E-state index contributed by atoms with van der Waals surface area (Å²) in [6.45, 7) is 0.865. The van der Waals surface area contributed by atoms with Crippen molar-refractivity contribution in [2.45, 2.75) is 24.8 Å². The highest BCUT2D eigenvalue weighted by atomic mass is 32.2. The average Bonchev–Trinajstić information content (AvgIpc) is 3.25. The van der Waals surface area contributed by atoms with Gasteiger partial charge in [-0.1, -0.05) is 48.2 Å². The lowest BCUT2D eigenvalue weighted by Crippen LogP contribution is -2.44. The molecule has 1 aliphatic heterocycles. The molecule has 124 valence electrons. The Morgan fingerprint density at radius 3 is 3.00 bits per heavy atom. The lowest BCUT2D eigenvalue weighted by molar-refractivity contribution is 0.169. The van der Waals surface area contributed by atoms with Gasteiger partial charge in [-0.25, -0.2) is 0 Å². The molecule has 3 nitrogen and oxygen atoms in total. The monoisotopic (exact) mass is 374 g/mol. The minimum absolute atomic E-state index is 0.0556. The molecule has 24 heavy (non-hydrogen) atoms. The molecule has 2 aromatic heterocycles. The van der Waals surface area contributed by atoms with Crippen molar-refractivity contribution in [3.05, 3.63) is 57.9 Å². The number of hydrogen-bond donors (Lipinski definition) is 2. The maximum absolute atomic E-state index is 9.88. The zero-order valence-electron chi connectivity index (χ0n) is 13.1. The van der Waals surface area contributed by atoms with Crippen molar-refractivity contribution >= 4 is 50.5 Å². The molecular formula is C18H18N2OS3. The Kier molecular flexibility index (Phi) is 4.63. The third kappa shape index (κ3) is 2.99. The molecule has 0 aliphatic carbocycles. The fourth-order valence-corrected chi connectivity index (χ4v) is 5.33. The lowest BCUT2D eigenvalue weighted by Gasteiger charge is -2.36. The number of thiocarbonyl (C=S) groups is 1. The number of para-hydroxylation sites is 1. The largest absolute Gasteiger partial charge is 0.394 e. The first-order chi connectivity index (χ1) is 11.8. The molecule has 6 heteroatoms. The van der Waals surface area contributed by atoms with Crippen molar-refractivity contribution in [1.82, 2.24) is 9.88 Å². The molecule has 0 unspecified atom stereocenters. The van der Waals surface area contributed by atoms with E-state index >= 15 is 0 Å². The van der Waals surface area contributed by atoms with E-state index in [4.69, 9.17) is 12.2 Å². The van der Waals surface area contributed by atoms with Crippen LogP contribution >= 0.6 is 35.3 Å². The van der Waals surface area contributed by atoms with E-state index in [0.29, 0.717) is 0 Å². The van der Waals surface area contributed by atoms with E-state index in [1.807, 2.05) is 6.07 Å². The highest BCUT2D eigenvalue weighted by Gasteiger charge is 2.30. The van der Waals surface area contributed by atoms with Crippen LogP contribution in [-0.2, 0) is 18.7 Å². The summed E-state index contributed by atoms with van der Waals surface area (Å²) >= 11 is 9.11. The molecule has 0 radical (unpaired) electrons. The quantitative estimate of drug-likeness (QED) is 0.675. The molecule has 0 bridgehead atoms. The van der Waals surface area contributed by atoms with Crippen LogP contribution < -0.4 is 0 Å². The third-order valence-electron chi connectivity index (χ3n) is 4.47. The van der Waals surface area contributed by atoms with Gasteiger partial charge in [0.1, 0.15) is 4.32 Å². The number of aliphatic hydroxyl groups is 1. The highest BCUT2D eigenvalue weighted by molar-refractivity contribution is 8.22. The summed E-state index contributed by atoms with van der Waals surface area (Å²) in [5, 5.41) is 13.2. The first-order valence-corrected chi connectivity index (χ1v) is 10.2. The number of H-pyrrole nitrogens is 1. The number of aromatic amines is 1. The molecule has 1 aliphatic rings. The molecule has 3 heterocycles. The second-order valence-electron chi connectivity index (χ2n) is 5.93. The molecule has 4 rings (SSSR count). The van der Waals surface area contributed by atoms with Gasteiger partial charge in [0.05, 0.1) is 19.2 Å². The number of thioether (sulfide) groups is 1. The third-order valence-corrected chi connectivity index (χ3v) is 7.06. The van der Waals surface area contributed by atoms with Gasteiger partial charge in [-0.3, -0.25) is 0 Å². The molecule has 0 saturated heterocycles. The maximum Gasteiger partial charge on any atom is 0.137 e. The van der Waals surface area contributed by atoms with Gasteiger partial charge >= 0.3 is 0 Å². The lowest BCUT2D eigenvalue weighted by atomic mass is 9.98. The summed E-state index contributed by atoms with van der Waals surface area (Å²) in [4.78, 5) is 7.02. The number of aliphatic hydroxyl groups excluding tert-OH is 1. The van der Waals surface area contributed by atoms with E-state index in [0.717, 1.165) is 28.6 Å². The van der Waals surface area contributed by atoms with E-state index in [1.165, 1.54) is 21.5 Å². The number of aromatic nitrogens is 1. The predicted octanol–water partition coefficient (Wildman–Crippen LogP) is 4.17. The molecule has 3 aromatic rings. The minimum Gasteiger partial charge on any atom is -0.394 e. The summed E-state index contributed by atoms with van der Waals surface area (Å²) in [7, 11) is 0. The number of thiophene rings is 1. The van der Waals surface area contributed by atoms with Gasteiger partial charge in [0.2, 0.25) is 0 Å². The summed E-state index contributed by atoms with van der Waals surface area (Å²) < 4.78 is 0.867. The van der Waals surface area contributed by atoms with Crippen LogP contribution in [0.2, 0.25) is 0 Å². The van der Waals surface area contributed by atoms with Gasteiger partial charge in [-0.15, -0.1) is 11.3 Å². The summed E-state index contributed by atoms with van der Waals surface area (Å²) in [5.41, 5.74) is 3.71. The van der Waals surface area contributed by atoms with Crippen LogP contribution in [0, 0.1) is 0 Å². The number of fused-ring (bicyclic) bond motifs is 3. The minimum atomic E-state index is 0.0556. The molecule has 1 aromatic carbocycles. The van der Waals surface area contributed by atoms with E-state index in [-0.39, 0.29) is 12.6 Å². The molecule has 0 amide bonds. The van der Waals surface area contributed by atoms with Crippen molar-refractivity contribution < 1.29 is 5.11 Å². The molecular weight excluding hydrogens is 356 g/mol. The van der Waals surface area contributed by atoms with Gasteiger partial charge < -0.3 is 15.0 Å². The first-order valence-electron chi connectivity index (χ1n) is 7.91. The molecule has 0 spiro atoms. The van der Waals surface area contributed by atoms with Gasteiger partial charge in [0, 0.05) is 27.2 Å². The number of nitrogens with one attached hydrogen (secondary N) is 1. The molecule has 1 atom stereocenters. The van der Waals surface area contributed by atoms with E-state index in [1.54, 1.807) is 23.1 Å². The second kappa shape index (κ2) is 6.88. The Morgan fingerprint density at radius 1 is 1.33 bits per heavy atom. The summed E-state index contributed by atoms with van der Waals surface area (Å²) in [6, 6.07) is 12.6. The van der Waals surface area contributed by atoms with E-state index in [9.17, 15) is 5.11 Å².